The molecule has 102 valence electrons. The summed E-state index contributed by atoms with van der Waals surface area (Å²) in [5, 5.41) is 3.19. The molecule has 0 bridgehead atoms. The quantitative estimate of drug-likeness (QED) is 0.832. The molecular formula is C15H21N3O. The van der Waals surface area contributed by atoms with Crippen LogP contribution in [0, 0.1) is 0 Å². The van der Waals surface area contributed by atoms with E-state index in [0.717, 1.165) is 39.0 Å². The van der Waals surface area contributed by atoms with Crippen LogP contribution >= 0.6 is 0 Å². The highest BCUT2D eigenvalue weighted by molar-refractivity contribution is 5.75. The summed E-state index contributed by atoms with van der Waals surface area (Å²) in [6.07, 6.45) is 2.10. The molecule has 0 radical (unpaired) electrons. The Hall–Kier alpha value is -1.55. The van der Waals surface area contributed by atoms with Gasteiger partial charge in [-0.2, -0.15) is 0 Å². The monoisotopic (exact) mass is 259 g/mol. The summed E-state index contributed by atoms with van der Waals surface area (Å²) in [6, 6.07) is 8.72. The molecule has 1 fully saturated rings. The van der Waals surface area contributed by atoms with Crippen molar-refractivity contribution in [2.24, 2.45) is 0 Å². The van der Waals surface area contributed by atoms with Crippen LogP contribution in [0.25, 0.3) is 0 Å². The van der Waals surface area contributed by atoms with Gasteiger partial charge in [0.05, 0.1) is 6.04 Å². The molecular weight excluding hydrogens is 238 g/mol. The fraction of sp³-hybridized carbons (Fsp3) is 0.533. The van der Waals surface area contributed by atoms with Gasteiger partial charge in [0.25, 0.3) is 0 Å². The fourth-order valence-corrected chi connectivity index (χ4v) is 2.96. The Bertz CT molecular complexity index is 466. The Kier molecular flexibility index (Phi) is 3.42. The topological polar surface area (TPSA) is 35.6 Å². The smallest absolute Gasteiger partial charge is 0.317 e. The number of amides is 2. The highest BCUT2D eigenvalue weighted by Crippen LogP contribution is 2.30. The molecule has 1 saturated heterocycles. The van der Waals surface area contributed by atoms with Crippen LogP contribution in [0.3, 0.4) is 0 Å². The highest BCUT2D eigenvalue weighted by atomic mass is 16.2. The molecule has 1 aromatic rings. The Morgan fingerprint density at radius 3 is 2.74 bits per heavy atom. The first kappa shape index (κ1) is 12.5. The number of piperazine rings is 1. The molecule has 0 spiro atoms. The van der Waals surface area contributed by atoms with Gasteiger partial charge >= 0.3 is 6.03 Å². The van der Waals surface area contributed by atoms with Crippen LogP contribution in [-0.4, -0.2) is 49.1 Å². The number of rotatable bonds is 1. The molecule has 1 atom stereocenters. The number of nitrogens with zero attached hydrogens (tertiary/aromatic N) is 2. The van der Waals surface area contributed by atoms with E-state index < -0.39 is 0 Å². The van der Waals surface area contributed by atoms with Crippen LogP contribution in [0.2, 0.25) is 0 Å². The molecule has 1 aliphatic carbocycles. The van der Waals surface area contributed by atoms with Gasteiger partial charge in [-0.05, 0) is 31.0 Å². The summed E-state index contributed by atoms with van der Waals surface area (Å²) >= 11 is 0. The number of fused-ring (bicyclic) bond motifs is 1. The lowest BCUT2D eigenvalue weighted by Crippen LogP contribution is -2.51. The molecule has 1 aromatic carbocycles. The van der Waals surface area contributed by atoms with E-state index >= 15 is 0 Å². The molecule has 1 aliphatic heterocycles. The number of hydrogen-bond acceptors (Lipinski definition) is 2. The lowest BCUT2D eigenvalue weighted by Gasteiger charge is -2.33. The van der Waals surface area contributed by atoms with Crippen molar-refractivity contribution in [2.75, 3.05) is 33.2 Å². The molecule has 1 unspecified atom stereocenters. The second-order valence-corrected chi connectivity index (χ2v) is 5.53. The van der Waals surface area contributed by atoms with E-state index in [9.17, 15) is 4.79 Å². The third-order valence-corrected chi connectivity index (χ3v) is 4.22. The van der Waals surface area contributed by atoms with Gasteiger partial charge < -0.3 is 15.1 Å². The summed E-state index contributed by atoms with van der Waals surface area (Å²) in [7, 11) is 2.10. The van der Waals surface area contributed by atoms with E-state index in [-0.39, 0.29) is 12.1 Å². The summed E-state index contributed by atoms with van der Waals surface area (Å²) < 4.78 is 0. The molecule has 3 rings (SSSR count). The number of hydrogen-bond donors (Lipinski definition) is 1. The normalized spacial score (nSPS) is 23.2. The number of carbonyl (C=O) groups is 1. The van der Waals surface area contributed by atoms with Gasteiger partial charge in [-0.3, -0.25) is 0 Å². The third-order valence-electron chi connectivity index (χ3n) is 4.22. The van der Waals surface area contributed by atoms with Crippen molar-refractivity contribution in [3.63, 3.8) is 0 Å². The van der Waals surface area contributed by atoms with Gasteiger partial charge in [0, 0.05) is 26.2 Å². The largest absolute Gasteiger partial charge is 0.331 e. The van der Waals surface area contributed by atoms with Crippen LogP contribution in [0.15, 0.2) is 24.3 Å². The summed E-state index contributed by atoms with van der Waals surface area (Å²) in [5.41, 5.74) is 2.68. The zero-order chi connectivity index (χ0) is 13.2. The number of benzene rings is 1. The standard InChI is InChI=1S/C15H21N3O/c1-17-8-10-18(11-9-17)15(19)16-14-7-6-12-4-2-3-5-13(12)14/h2-5,14H,6-11H2,1H3,(H,16,19). The minimum absolute atomic E-state index is 0.0924. The predicted octanol–water partition coefficient (Wildman–Crippen LogP) is 1.63. The Labute approximate surface area is 114 Å². The van der Waals surface area contributed by atoms with Crippen LogP contribution in [0.1, 0.15) is 23.6 Å². The molecule has 2 aliphatic rings. The van der Waals surface area contributed by atoms with E-state index in [0.29, 0.717) is 0 Å². The molecule has 4 nitrogen and oxygen atoms in total. The Morgan fingerprint density at radius 2 is 1.95 bits per heavy atom. The van der Waals surface area contributed by atoms with E-state index in [2.05, 4.69) is 41.5 Å². The minimum atomic E-state index is 0.0924. The van der Waals surface area contributed by atoms with Crippen molar-refractivity contribution in [3.8, 4) is 0 Å². The van der Waals surface area contributed by atoms with E-state index in [1.807, 2.05) is 4.90 Å². The second-order valence-electron chi connectivity index (χ2n) is 5.53. The first-order valence-corrected chi connectivity index (χ1v) is 7.06. The van der Waals surface area contributed by atoms with Crippen molar-refractivity contribution in [1.82, 2.24) is 15.1 Å². The minimum Gasteiger partial charge on any atom is -0.331 e. The Morgan fingerprint density at radius 1 is 1.21 bits per heavy atom. The van der Waals surface area contributed by atoms with E-state index in [4.69, 9.17) is 0 Å². The number of urea groups is 1. The zero-order valence-corrected chi connectivity index (χ0v) is 11.4. The van der Waals surface area contributed by atoms with Crippen molar-refractivity contribution in [1.29, 1.82) is 0 Å². The average Bonchev–Trinajstić information content (AvgIpc) is 2.83. The van der Waals surface area contributed by atoms with Crippen LogP contribution < -0.4 is 5.32 Å². The van der Waals surface area contributed by atoms with E-state index in [1.54, 1.807) is 0 Å². The van der Waals surface area contributed by atoms with Gasteiger partial charge in [-0.15, -0.1) is 0 Å². The zero-order valence-electron chi connectivity index (χ0n) is 11.4. The van der Waals surface area contributed by atoms with Gasteiger partial charge in [0.15, 0.2) is 0 Å². The van der Waals surface area contributed by atoms with Crippen LogP contribution in [0.5, 0.6) is 0 Å². The average molecular weight is 259 g/mol. The summed E-state index contributed by atoms with van der Waals surface area (Å²) in [5.74, 6) is 0. The molecule has 1 N–H and O–H groups in total. The number of aryl methyl sites for hydroxylation is 1. The van der Waals surface area contributed by atoms with Crippen molar-refractivity contribution in [3.05, 3.63) is 35.4 Å². The summed E-state index contributed by atoms with van der Waals surface area (Å²) in [4.78, 5) is 16.5. The summed E-state index contributed by atoms with van der Waals surface area (Å²) in [6.45, 7) is 3.59. The molecule has 2 amide bonds. The number of nitrogens with one attached hydrogen (secondary N) is 1. The molecule has 1 heterocycles. The Balaban J connectivity index is 1.62. The number of carbonyl (C=O) groups excluding carboxylic acids is 1. The van der Waals surface area contributed by atoms with Crippen LogP contribution in [-0.2, 0) is 6.42 Å². The lowest BCUT2D eigenvalue weighted by atomic mass is 10.1. The highest BCUT2D eigenvalue weighted by Gasteiger charge is 2.26. The van der Waals surface area contributed by atoms with Gasteiger partial charge in [0.2, 0.25) is 0 Å². The molecule has 19 heavy (non-hydrogen) atoms. The van der Waals surface area contributed by atoms with Gasteiger partial charge in [-0.1, -0.05) is 24.3 Å². The first-order chi connectivity index (χ1) is 9.24. The maximum Gasteiger partial charge on any atom is 0.317 e. The first-order valence-electron chi connectivity index (χ1n) is 7.06. The third kappa shape index (κ3) is 2.59. The van der Waals surface area contributed by atoms with E-state index in [1.165, 1.54) is 11.1 Å². The van der Waals surface area contributed by atoms with Gasteiger partial charge in [-0.25, -0.2) is 4.79 Å². The maximum atomic E-state index is 12.3. The lowest BCUT2D eigenvalue weighted by molar-refractivity contribution is 0.151. The molecule has 0 aromatic heterocycles. The second kappa shape index (κ2) is 5.21. The predicted molar refractivity (Wildman–Crippen MR) is 75.1 cm³/mol. The maximum absolute atomic E-state index is 12.3. The van der Waals surface area contributed by atoms with Crippen LogP contribution in [0.4, 0.5) is 4.79 Å². The van der Waals surface area contributed by atoms with Crippen molar-refractivity contribution >= 4 is 6.03 Å². The SMILES string of the molecule is CN1CCN(C(=O)NC2CCc3ccccc32)CC1. The molecule has 0 saturated carbocycles. The van der Waals surface area contributed by atoms with Crippen molar-refractivity contribution < 1.29 is 4.79 Å². The number of likely N-dealkylation sites (N-methyl/N-ethyl adjacent to an activating group) is 1. The fourth-order valence-electron chi connectivity index (χ4n) is 2.96. The molecule has 4 heteroatoms. The van der Waals surface area contributed by atoms with Gasteiger partial charge in [0.1, 0.15) is 0 Å². The van der Waals surface area contributed by atoms with Crippen molar-refractivity contribution in [2.45, 2.75) is 18.9 Å².